The van der Waals surface area contributed by atoms with Crippen LogP contribution in [0.3, 0.4) is 0 Å². The van der Waals surface area contributed by atoms with Crippen molar-refractivity contribution in [1.29, 1.82) is 0 Å². The van der Waals surface area contributed by atoms with Gasteiger partial charge in [-0.25, -0.2) is 0 Å². The fraction of sp³-hybridized carbons (Fsp3) is 0.778. The highest BCUT2D eigenvalue weighted by Crippen LogP contribution is 2.31. The first-order valence-electron chi connectivity index (χ1n) is 5.02. The van der Waals surface area contributed by atoms with E-state index in [1.165, 1.54) is 43.4 Å². The van der Waals surface area contributed by atoms with Gasteiger partial charge in [0.2, 0.25) is 5.13 Å². The first kappa shape index (κ1) is 10.1. The predicted octanol–water partition coefficient (Wildman–Crippen LogP) is 3.34. The van der Waals surface area contributed by atoms with E-state index < -0.39 is 0 Å². The van der Waals surface area contributed by atoms with Gasteiger partial charge in [-0.2, -0.15) is 0 Å². The van der Waals surface area contributed by atoms with Crippen LogP contribution >= 0.6 is 23.6 Å². The molecule has 1 fully saturated rings. The molecule has 0 aliphatic heterocycles. The molecule has 0 aromatic carbocycles. The van der Waals surface area contributed by atoms with Gasteiger partial charge in [0.15, 0.2) is 3.95 Å². The van der Waals surface area contributed by atoms with Crippen molar-refractivity contribution < 1.29 is 0 Å². The number of anilines is 1. The first-order chi connectivity index (χ1) is 6.68. The molecule has 0 amide bonds. The lowest BCUT2D eigenvalue weighted by atomic mass is 9.83. The number of hydrogen-bond donors (Lipinski definition) is 2. The Morgan fingerprint density at radius 2 is 2.14 bits per heavy atom. The first-order valence-corrected chi connectivity index (χ1v) is 6.24. The molecule has 1 aromatic heterocycles. The van der Waals surface area contributed by atoms with Crippen molar-refractivity contribution in [2.24, 2.45) is 0 Å². The fourth-order valence-electron chi connectivity index (χ4n) is 2.00. The Morgan fingerprint density at radius 1 is 1.43 bits per heavy atom. The highest BCUT2D eigenvalue weighted by Gasteiger charge is 2.27. The predicted molar refractivity (Wildman–Crippen MR) is 62.4 cm³/mol. The molecule has 14 heavy (non-hydrogen) atoms. The van der Waals surface area contributed by atoms with Crippen LogP contribution in [0.1, 0.15) is 39.0 Å². The monoisotopic (exact) mass is 229 g/mol. The molecule has 2 N–H and O–H groups in total. The molecule has 0 radical (unpaired) electrons. The topological polar surface area (TPSA) is 40.7 Å². The van der Waals surface area contributed by atoms with Gasteiger partial charge in [0.25, 0.3) is 0 Å². The summed E-state index contributed by atoms with van der Waals surface area (Å²) in [5.74, 6) is 0. The molecular weight excluding hydrogens is 214 g/mol. The molecule has 0 bridgehead atoms. The lowest BCUT2D eigenvalue weighted by molar-refractivity contribution is 0.349. The van der Waals surface area contributed by atoms with E-state index >= 15 is 0 Å². The molecule has 5 heteroatoms. The Labute approximate surface area is 92.9 Å². The number of rotatable bonds is 2. The molecule has 0 saturated heterocycles. The lowest BCUT2D eigenvalue weighted by Crippen LogP contribution is -2.36. The average molecular weight is 229 g/mol. The third-order valence-corrected chi connectivity index (χ3v) is 3.81. The molecule has 0 atom stereocenters. The van der Waals surface area contributed by atoms with Crippen LogP contribution in [0.2, 0.25) is 0 Å². The van der Waals surface area contributed by atoms with Gasteiger partial charge in [-0.3, -0.25) is 5.10 Å². The van der Waals surface area contributed by atoms with Crippen molar-refractivity contribution in [3.63, 3.8) is 0 Å². The van der Waals surface area contributed by atoms with E-state index in [0.29, 0.717) is 0 Å². The number of hydrogen-bond acceptors (Lipinski definition) is 4. The molecule has 1 aliphatic carbocycles. The standard InChI is InChI=1S/C9H15N3S2/c1-9(5-3-2-4-6-9)10-7-11-12-8(13)14-7/h2-6H2,1H3,(H,10,11)(H,12,13). The number of aromatic nitrogens is 2. The second-order valence-electron chi connectivity index (χ2n) is 4.16. The summed E-state index contributed by atoms with van der Waals surface area (Å²) in [5.41, 5.74) is 0.228. The molecular formula is C9H15N3S2. The van der Waals surface area contributed by atoms with Gasteiger partial charge in [-0.1, -0.05) is 30.6 Å². The van der Waals surface area contributed by atoms with Gasteiger partial charge in [-0.15, -0.1) is 5.10 Å². The maximum absolute atomic E-state index is 5.00. The Bertz CT molecular complexity index is 349. The molecule has 0 spiro atoms. The van der Waals surface area contributed by atoms with Crippen LogP contribution in [-0.4, -0.2) is 15.7 Å². The minimum atomic E-state index is 0.228. The lowest BCUT2D eigenvalue weighted by Gasteiger charge is -2.34. The fourth-order valence-corrected chi connectivity index (χ4v) is 2.94. The molecule has 3 nitrogen and oxygen atoms in total. The minimum absolute atomic E-state index is 0.228. The Balaban J connectivity index is 2.05. The smallest absolute Gasteiger partial charge is 0.204 e. The average Bonchev–Trinajstić information content (AvgIpc) is 2.51. The third-order valence-electron chi connectivity index (χ3n) is 2.80. The summed E-state index contributed by atoms with van der Waals surface area (Å²) in [6, 6.07) is 0. The van der Waals surface area contributed by atoms with E-state index in [-0.39, 0.29) is 5.54 Å². The molecule has 1 saturated carbocycles. The highest BCUT2D eigenvalue weighted by molar-refractivity contribution is 7.73. The normalized spacial score (nSPS) is 20.6. The van der Waals surface area contributed by atoms with Gasteiger partial charge >= 0.3 is 0 Å². The highest BCUT2D eigenvalue weighted by atomic mass is 32.1. The van der Waals surface area contributed by atoms with Crippen LogP contribution in [0.5, 0.6) is 0 Å². The summed E-state index contributed by atoms with van der Waals surface area (Å²) in [7, 11) is 0. The van der Waals surface area contributed by atoms with Crippen molar-refractivity contribution >= 4 is 28.7 Å². The van der Waals surface area contributed by atoms with Crippen LogP contribution in [0.4, 0.5) is 5.13 Å². The van der Waals surface area contributed by atoms with Crippen molar-refractivity contribution in [3.05, 3.63) is 3.95 Å². The number of nitrogens with zero attached hydrogens (tertiary/aromatic N) is 1. The van der Waals surface area contributed by atoms with E-state index in [2.05, 4.69) is 22.4 Å². The van der Waals surface area contributed by atoms with Gasteiger partial charge in [0.05, 0.1) is 0 Å². The van der Waals surface area contributed by atoms with Crippen molar-refractivity contribution in [2.75, 3.05) is 5.32 Å². The second kappa shape index (κ2) is 3.98. The number of nitrogens with one attached hydrogen (secondary N) is 2. The molecule has 2 rings (SSSR count). The summed E-state index contributed by atoms with van der Waals surface area (Å²) in [6.07, 6.45) is 6.48. The largest absolute Gasteiger partial charge is 0.355 e. The van der Waals surface area contributed by atoms with E-state index in [4.69, 9.17) is 12.2 Å². The molecule has 1 aromatic rings. The van der Waals surface area contributed by atoms with Gasteiger partial charge in [0, 0.05) is 5.54 Å². The van der Waals surface area contributed by atoms with Crippen molar-refractivity contribution in [1.82, 2.24) is 10.2 Å². The molecule has 78 valence electrons. The van der Waals surface area contributed by atoms with E-state index in [0.717, 1.165) is 9.09 Å². The molecule has 1 heterocycles. The zero-order valence-corrected chi connectivity index (χ0v) is 9.93. The Hall–Kier alpha value is -0.420. The van der Waals surface area contributed by atoms with Crippen LogP contribution in [0.25, 0.3) is 0 Å². The zero-order valence-electron chi connectivity index (χ0n) is 8.30. The SMILES string of the molecule is CC1(Nc2n[nH]c(=S)s2)CCCCC1. The summed E-state index contributed by atoms with van der Waals surface area (Å²) in [4.78, 5) is 0. The third kappa shape index (κ3) is 2.33. The maximum Gasteiger partial charge on any atom is 0.204 e. The van der Waals surface area contributed by atoms with E-state index in [1.807, 2.05) is 0 Å². The van der Waals surface area contributed by atoms with Gasteiger partial charge < -0.3 is 5.32 Å². The summed E-state index contributed by atoms with van der Waals surface area (Å²) >= 11 is 6.51. The van der Waals surface area contributed by atoms with Crippen LogP contribution in [0.15, 0.2) is 0 Å². The Kier molecular flexibility index (Phi) is 2.88. The van der Waals surface area contributed by atoms with Crippen LogP contribution in [-0.2, 0) is 0 Å². The number of H-pyrrole nitrogens is 1. The molecule has 1 aliphatic rings. The zero-order chi connectivity index (χ0) is 10.0. The van der Waals surface area contributed by atoms with E-state index in [9.17, 15) is 0 Å². The van der Waals surface area contributed by atoms with E-state index in [1.54, 1.807) is 0 Å². The number of aromatic amines is 1. The summed E-state index contributed by atoms with van der Waals surface area (Å²) in [6.45, 7) is 2.27. The second-order valence-corrected chi connectivity index (χ2v) is 5.83. The molecule has 0 unspecified atom stereocenters. The maximum atomic E-state index is 5.00. The summed E-state index contributed by atoms with van der Waals surface area (Å²) < 4.78 is 0.743. The van der Waals surface area contributed by atoms with Crippen LogP contribution < -0.4 is 5.32 Å². The van der Waals surface area contributed by atoms with Crippen molar-refractivity contribution in [3.8, 4) is 0 Å². The van der Waals surface area contributed by atoms with Crippen LogP contribution in [0, 0.1) is 3.95 Å². The van der Waals surface area contributed by atoms with Gasteiger partial charge in [-0.05, 0) is 32.0 Å². The summed E-state index contributed by atoms with van der Waals surface area (Å²) in [5, 5.41) is 11.3. The van der Waals surface area contributed by atoms with Gasteiger partial charge in [0.1, 0.15) is 0 Å². The minimum Gasteiger partial charge on any atom is -0.355 e. The quantitative estimate of drug-likeness (QED) is 0.764. The Morgan fingerprint density at radius 3 is 2.71 bits per heavy atom. The van der Waals surface area contributed by atoms with Crippen molar-refractivity contribution in [2.45, 2.75) is 44.6 Å².